The number of aryl methyl sites for hydroxylation is 1. The molecule has 5 heteroatoms. The third kappa shape index (κ3) is 4.60. The molecule has 0 aromatic heterocycles. The van der Waals surface area contributed by atoms with Gasteiger partial charge >= 0.3 is 0 Å². The van der Waals surface area contributed by atoms with E-state index in [0.29, 0.717) is 10.0 Å². The molecule has 0 heterocycles. The second-order valence-electron chi connectivity index (χ2n) is 5.12. The summed E-state index contributed by atoms with van der Waals surface area (Å²) in [7, 11) is 0. The number of halogens is 3. The molecular formula is C16H17Cl3N2. The molecule has 0 amide bonds. The quantitative estimate of drug-likeness (QED) is 0.616. The number of nitrogens with two attached hydrogens (primary N) is 1. The second kappa shape index (κ2) is 7.48. The van der Waals surface area contributed by atoms with E-state index in [1.54, 1.807) is 6.07 Å². The normalized spacial score (nSPS) is 12.4. The highest BCUT2D eigenvalue weighted by molar-refractivity contribution is 6.42. The van der Waals surface area contributed by atoms with Crippen molar-refractivity contribution in [2.45, 2.75) is 25.8 Å². The topological polar surface area (TPSA) is 38.0 Å². The van der Waals surface area contributed by atoms with Crippen LogP contribution < -0.4 is 11.3 Å². The summed E-state index contributed by atoms with van der Waals surface area (Å²) in [4.78, 5) is 0. The third-order valence-corrected chi connectivity index (χ3v) is 4.47. The molecule has 2 rings (SSSR count). The SMILES string of the molecule is Cc1ccc(CC(Cc2ccc(Cl)c(Cl)c2)NN)c(Cl)c1. The van der Waals surface area contributed by atoms with Crippen molar-refractivity contribution in [1.82, 2.24) is 5.43 Å². The molecule has 112 valence electrons. The molecule has 2 aromatic carbocycles. The fourth-order valence-electron chi connectivity index (χ4n) is 2.22. The molecule has 2 nitrogen and oxygen atoms in total. The first kappa shape index (κ1) is 16.6. The van der Waals surface area contributed by atoms with Crippen molar-refractivity contribution in [3.05, 3.63) is 68.2 Å². The van der Waals surface area contributed by atoms with Crippen molar-refractivity contribution in [2.75, 3.05) is 0 Å². The molecule has 21 heavy (non-hydrogen) atoms. The number of nitrogens with one attached hydrogen (secondary N) is 1. The van der Waals surface area contributed by atoms with Gasteiger partial charge in [-0.1, -0.05) is 53.0 Å². The first-order chi connectivity index (χ1) is 9.99. The Kier molecular flexibility index (Phi) is 5.91. The molecule has 0 fully saturated rings. The zero-order valence-corrected chi connectivity index (χ0v) is 13.9. The lowest BCUT2D eigenvalue weighted by Crippen LogP contribution is -2.38. The molecule has 0 radical (unpaired) electrons. The van der Waals surface area contributed by atoms with Gasteiger partial charge in [0.1, 0.15) is 0 Å². The van der Waals surface area contributed by atoms with Crippen LogP contribution in [0.1, 0.15) is 16.7 Å². The Balaban J connectivity index is 2.10. The fraction of sp³-hybridized carbons (Fsp3) is 0.250. The monoisotopic (exact) mass is 342 g/mol. The zero-order valence-electron chi connectivity index (χ0n) is 11.7. The van der Waals surface area contributed by atoms with Crippen molar-refractivity contribution in [3.63, 3.8) is 0 Å². The van der Waals surface area contributed by atoms with E-state index in [9.17, 15) is 0 Å². The van der Waals surface area contributed by atoms with Gasteiger partial charge in [0.05, 0.1) is 10.0 Å². The maximum Gasteiger partial charge on any atom is 0.0595 e. The largest absolute Gasteiger partial charge is 0.271 e. The van der Waals surface area contributed by atoms with Crippen LogP contribution in [0, 0.1) is 6.92 Å². The van der Waals surface area contributed by atoms with Crippen LogP contribution in [0.5, 0.6) is 0 Å². The molecule has 1 unspecified atom stereocenters. The first-order valence-corrected chi connectivity index (χ1v) is 7.78. The highest BCUT2D eigenvalue weighted by Gasteiger charge is 2.12. The zero-order chi connectivity index (χ0) is 15.4. The van der Waals surface area contributed by atoms with E-state index in [1.165, 1.54) is 0 Å². The van der Waals surface area contributed by atoms with Gasteiger partial charge in [-0.3, -0.25) is 11.3 Å². The van der Waals surface area contributed by atoms with Crippen LogP contribution in [-0.4, -0.2) is 6.04 Å². The fourth-order valence-corrected chi connectivity index (χ4v) is 2.86. The summed E-state index contributed by atoms with van der Waals surface area (Å²) in [6, 6.07) is 11.7. The van der Waals surface area contributed by atoms with Gasteiger partial charge in [0.15, 0.2) is 0 Å². The van der Waals surface area contributed by atoms with Gasteiger partial charge in [-0.25, -0.2) is 0 Å². The van der Waals surface area contributed by atoms with E-state index in [2.05, 4.69) is 5.43 Å². The Morgan fingerprint density at radius 3 is 2.33 bits per heavy atom. The van der Waals surface area contributed by atoms with Gasteiger partial charge in [0, 0.05) is 11.1 Å². The van der Waals surface area contributed by atoms with Gasteiger partial charge in [-0.15, -0.1) is 0 Å². The Bertz CT molecular complexity index is 629. The maximum absolute atomic E-state index is 6.27. The number of benzene rings is 2. The molecular weight excluding hydrogens is 327 g/mol. The average Bonchev–Trinajstić information content (AvgIpc) is 2.44. The van der Waals surface area contributed by atoms with Gasteiger partial charge in [0.25, 0.3) is 0 Å². The number of rotatable bonds is 5. The Labute approximate surface area is 140 Å². The summed E-state index contributed by atoms with van der Waals surface area (Å²) in [6.45, 7) is 2.02. The summed E-state index contributed by atoms with van der Waals surface area (Å²) in [5, 5.41) is 1.88. The van der Waals surface area contributed by atoms with E-state index in [4.69, 9.17) is 40.6 Å². The molecule has 1 atom stereocenters. The lowest BCUT2D eigenvalue weighted by Gasteiger charge is -2.17. The third-order valence-electron chi connectivity index (χ3n) is 3.38. The molecule has 0 aliphatic heterocycles. The van der Waals surface area contributed by atoms with Gasteiger partial charge < -0.3 is 0 Å². The summed E-state index contributed by atoms with van der Waals surface area (Å²) < 4.78 is 0. The van der Waals surface area contributed by atoms with Crippen LogP contribution >= 0.6 is 34.8 Å². The highest BCUT2D eigenvalue weighted by atomic mass is 35.5. The minimum absolute atomic E-state index is 0.0717. The van der Waals surface area contributed by atoms with Crippen LogP contribution in [0.15, 0.2) is 36.4 Å². The predicted molar refractivity (Wildman–Crippen MR) is 91.2 cm³/mol. The molecule has 0 saturated heterocycles. The van der Waals surface area contributed by atoms with Crippen molar-refractivity contribution in [3.8, 4) is 0 Å². The van der Waals surface area contributed by atoms with E-state index in [-0.39, 0.29) is 6.04 Å². The first-order valence-electron chi connectivity index (χ1n) is 6.64. The van der Waals surface area contributed by atoms with E-state index in [1.807, 2.05) is 37.3 Å². The van der Waals surface area contributed by atoms with E-state index in [0.717, 1.165) is 34.6 Å². The van der Waals surface area contributed by atoms with Crippen LogP contribution in [0.4, 0.5) is 0 Å². The van der Waals surface area contributed by atoms with Crippen LogP contribution in [0.3, 0.4) is 0 Å². The summed E-state index contributed by atoms with van der Waals surface area (Å²) in [5.41, 5.74) is 6.14. The molecule has 0 saturated carbocycles. The highest BCUT2D eigenvalue weighted by Crippen LogP contribution is 2.24. The second-order valence-corrected chi connectivity index (χ2v) is 6.34. The van der Waals surface area contributed by atoms with Crippen LogP contribution in [-0.2, 0) is 12.8 Å². The molecule has 0 aliphatic rings. The summed E-state index contributed by atoms with van der Waals surface area (Å²) in [6.07, 6.45) is 1.49. The Hall–Kier alpha value is -0.770. The van der Waals surface area contributed by atoms with Crippen LogP contribution in [0.2, 0.25) is 15.1 Å². The minimum Gasteiger partial charge on any atom is -0.271 e. The van der Waals surface area contributed by atoms with E-state index >= 15 is 0 Å². The predicted octanol–water partition coefficient (Wildman–Crippen LogP) is 4.57. The van der Waals surface area contributed by atoms with Crippen molar-refractivity contribution >= 4 is 34.8 Å². The summed E-state index contributed by atoms with van der Waals surface area (Å²) >= 11 is 18.2. The van der Waals surface area contributed by atoms with Gasteiger partial charge in [-0.2, -0.15) is 0 Å². The maximum atomic E-state index is 6.27. The minimum atomic E-state index is 0.0717. The smallest absolute Gasteiger partial charge is 0.0595 e. The lowest BCUT2D eigenvalue weighted by atomic mass is 9.99. The number of hydrogen-bond acceptors (Lipinski definition) is 2. The number of hydrazine groups is 1. The molecule has 2 aromatic rings. The molecule has 0 aliphatic carbocycles. The molecule has 3 N–H and O–H groups in total. The van der Waals surface area contributed by atoms with Crippen molar-refractivity contribution in [2.24, 2.45) is 5.84 Å². The number of hydrogen-bond donors (Lipinski definition) is 2. The van der Waals surface area contributed by atoms with Crippen LogP contribution in [0.25, 0.3) is 0 Å². The Morgan fingerprint density at radius 2 is 1.71 bits per heavy atom. The van der Waals surface area contributed by atoms with E-state index < -0.39 is 0 Å². The summed E-state index contributed by atoms with van der Waals surface area (Å²) in [5.74, 6) is 5.66. The lowest BCUT2D eigenvalue weighted by molar-refractivity contribution is 0.522. The van der Waals surface area contributed by atoms with Gasteiger partial charge in [-0.05, 0) is 54.7 Å². The van der Waals surface area contributed by atoms with Crippen molar-refractivity contribution in [1.29, 1.82) is 0 Å². The Morgan fingerprint density at radius 1 is 0.952 bits per heavy atom. The van der Waals surface area contributed by atoms with Gasteiger partial charge in [0.2, 0.25) is 0 Å². The molecule has 0 spiro atoms. The van der Waals surface area contributed by atoms with Crippen molar-refractivity contribution < 1.29 is 0 Å². The standard InChI is InChI=1S/C16H17Cl3N2/c1-10-2-4-12(15(18)6-10)9-13(21-20)7-11-3-5-14(17)16(19)8-11/h2-6,8,13,21H,7,9,20H2,1H3. The average molecular weight is 344 g/mol. The molecule has 0 bridgehead atoms.